The van der Waals surface area contributed by atoms with E-state index in [1.54, 1.807) is 24.3 Å². The van der Waals surface area contributed by atoms with Gasteiger partial charge in [-0.05, 0) is 29.4 Å². The Morgan fingerprint density at radius 3 is 1.65 bits per heavy atom. The average molecular weight is 510 g/mol. The molecule has 0 heterocycles. The topological polar surface area (TPSA) is 125 Å². The zero-order chi connectivity index (χ0) is 27.4. The lowest BCUT2D eigenvalue weighted by Gasteiger charge is -2.26. The zero-order valence-corrected chi connectivity index (χ0v) is 22.1. The van der Waals surface area contributed by atoms with Gasteiger partial charge < -0.3 is 21.1 Å². The maximum absolute atomic E-state index is 13.3. The van der Waals surface area contributed by atoms with Gasteiger partial charge >= 0.3 is 5.97 Å². The van der Waals surface area contributed by atoms with Crippen LogP contribution < -0.4 is 16.0 Å². The van der Waals surface area contributed by atoms with E-state index in [0.29, 0.717) is 18.8 Å². The molecule has 3 atom stereocenters. The number of carbonyl (C=O) groups is 4. The summed E-state index contributed by atoms with van der Waals surface area (Å²) in [7, 11) is 0. The monoisotopic (exact) mass is 509 g/mol. The Kier molecular flexibility index (Phi) is 11.8. The molecule has 0 aliphatic carbocycles. The van der Waals surface area contributed by atoms with Gasteiger partial charge in [0.2, 0.25) is 17.7 Å². The Morgan fingerprint density at radius 1 is 0.703 bits per heavy atom. The molecule has 200 valence electrons. The molecular formula is C29H39N3O5. The number of amides is 3. The molecule has 2 aromatic rings. The number of hydrogen-bond donors (Lipinski definition) is 4. The molecule has 4 N–H and O–H groups in total. The van der Waals surface area contributed by atoms with Crippen molar-refractivity contribution in [3.63, 3.8) is 0 Å². The molecule has 0 aliphatic rings. The van der Waals surface area contributed by atoms with E-state index in [2.05, 4.69) is 16.0 Å². The standard InChI is InChI=1S/C29H39N3O5/c1-19(2)15-16-25(33)32-26(20(3)4)28(35)30-23(17-21-11-7-5-8-12-21)27(34)31-24(29(36)37)18-22-13-9-6-10-14-22/h5-14,19-20,23-24,26H,15-18H2,1-4H3,(H,30,35)(H,31,34)(H,32,33)(H,36,37). The van der Waals surface area contributed by atoms with Crippen molar-refractivity contribution in [1.29, 1.82) is 0 Å². The van der Waals surface area contributed by atoms with Gasteiger partial charge in [0.05, 0.1) is 0 Å². The van der Waals surface area contributed by atoms with Crippen molar-refractivity contribution in [3.8, 4) is 0 Å². The number of aliphatic carboxylic acids is 1. The van der Waals surface area contributed by atoms with E-state index in [0.717, 1.165) is 11.1 Å². The van der Waals surface area contributed by atoms with Crippen LogP contribution >= 0.6 is 0 Å². The number of hydrogen-bond acceptors (Lipinski definition) is 4. The van der Waals surface area contributed by atoms with Crippen LogP contribution in [0, 0.1) is 11.8 Å². The first-order valence-electron chi connectivity index (χ1n) is 12.8. The SMILES string of the molecule is CC(C)CCC(=O)NC(C(=O)NC(Cc1ccccc1)C(=O)NC(Cc1ccccc1)C(=O)O)C(C)C. The third kappa shape index (κ3) is 10.5. The predicted molar refractivity (Wildman–Crippen MR) is 143 cm³/mol. The normalized spacial score (nSPS) is 13.5. The molecule has 0 aliphatic heterocycles. The number of nitrogens with one attached hydrogen (secondary N) is 3. The van der Waals surface area contributed by atoms with E-state index in [1.807, 2.05) is 64.1 Å². The number of benzene rings is 2. The number of carbonyl (C=O) groups excluding carboxylic acids is 3. The fraction of sp³-hybridized carbons (Fsp3) is 0.448. The molecule has 2 rings (SSSR count). The molecule has 0 spiro atoms. The van der Waals surface area contributed by atoms with E-state index >= 15 is 0 Å². The van der Waals surface area contributed by atoms with E-state index in [4.69, 9.17) is 0 Å². The molecule has 0 saturated carbocycles. The van der Waals surface area contributed by atoms with Gasteiger partial charge in [0.25, 0.3) is 0 Å². The Balaban J connectivity index is 2.19. The van der Waals surface area contributed by atoms with E-state index < -0.39 is 35.9 Å². The van der Waals surface area contributed by atoms with Gasteiger partial charge in [-0.2, -0.15) is 0 Å². The summed E-state index contributed by atoms with van der Waals surface area (Å²) in [6.07, 6.45) is 1.29. The summed E-state index contributed by atoms with van der Waals surface area (Å²) in [5.74, 6) is -2.34. The van der Waals surface area contributed by atoms with Crippen LogP contribution in [0.1, 0.15) is 51.7 Å². The Bertz CT molecular complexity index is 1020. The highest BCUT2D eigenvalue weighted by atomic mass is 16.4. The van der Waals surface area contributed by atoms with Gasteiger partial charge in [-0.25, -0.2) is 4.79 Å². The largest absolute Gasteiger partial charge is 0.480 e. The fourth-order valence-electron chi connectivity index (χ4n) is 3.84. The third-order valence-corrected chi connectivity index (χ3v) is 6.03. The second-order valence-corrected chi connectivity index (χ2v) is 10.1. The first kappa shape index (κ1) is 29.5. The maximum atomic E-state index is 13.3. The minimum absolute atomic E-state index is 0.106. The average Bonchev–Trinajstić information content (AvgIpc) is 2.86. The number of carboxylic acids is 1. The van der Waals surface area contributed by atoms with Crippen molar-refractivity contribution in [3.05, 3.63) is 71.8 Å². The smallest absolute Gasteiger partial charge is 0.326 e. The summed E-state index contributed by atoms with van der Waals surface area (Å²) in [5, 5.41) is 17.9. The van der Waals surface area contributed by atoms with Crippen LogP contribution in [0.4, 0.5) is 0 Å². The van der Waals surface area contributed by atoms with Crippen LogP contribution in [0.15, 0.2) is 60.7 Å². The molecule has 37 heavy (non-hydrogen) atoms. The summed E-state index contributed by atoms with van der Waals surface area (Å²) >= 11 is 0. The molecule has 0 fully saturated rings. The van der Waals surface area contributed by atoms with Crippen molar-refractivity contribution in [1.82, 2.24) is 16.0 Å². The molecule has 8 nitrogen and oxygen atoms in total. The van der Waals surface area contributed by atoms with Crippen molar-refractivity contribution >= 4 is 23.7 Å². The Hall–Kier alpha value is -3.68. The quantitative estimate of drug-likeness (QED) is 0.312. The van der Waals surface area contributed by atoms with Crippen molar-refractivity contribution in [2.45, 2.75) is 71.5 Å². The molecule has 8 heteroatoms. The van der Waals surface area contributed by atoms with Crippen LogP contribution in [-0.2, 0) is 32.0 Å². The number of rotatable bonds is 14. The van der Waals surface area contributed by atoms with Gasteiger partial charge in [0.1, 0.15) is 18.1 Å². The van der Waals surface area contributed by atoms with Gasteiger partial charge in [0, 0.05) is 19.3 Å². The minimum atomic E-state index is -1.17. The Labute approximate surface area is 219 Å². The van der Waals surface area contributed by atoms with Crippen LogP contribution in [0.2, 0.25) is 0 Å². The molecule has 0 aromatic heterocycles. The van der Waals surface area contributed by atoms with Crippen molar-refractivity contribution < 1.29 is 24.3 Å². The number of carboxylic acid groups (broad SMARTS) is 1. The first-order chi connectivity index (χ1) is 17.6. The Morgan fingerprint density at radius 2 is 1.19 bits per heavy atom. The highest BCUT2D eigenvalue weighted by molar-refractivity contribution is 5.93. The van der Waals surface area contributed by atoms with Crippen LogP contribution in [-0.4, -0.2) is 46.9 Å². The second-order valence-electron chi connectivity index (χ2n) is 10.1. The summed E-state index contributed by atoms with van der Waals surface area (Å²) in [6.45, 7) is 7.68. The lowest BCUT2D eigenvalue weighted by atomic mass is 9.99. The molecule has 3 unspecified atom stereocenters. The molecule has 3 amide bonds. The van der Waals surface area contributed by atoms with Crippen LogP contribution in [0.3, 0.4) is 0 Å². The summed E-state index contributed by atoms with van der Waals surface area (Å²) in [5.41, 5.74) is 1.57. The molecule has 0 saturated heterocycles. The lowest BCUT2D eigenvalue weighted by Crippen LogP contribution is -2.57. The van der Waals surface area contributed by atoms with Crippen LogP contribution in [0.5, 0.6) is 0 Å². The molecular weight excluding hydrogens is 470 g/mol. The minimum Gasteiger partial charge on any atom is -0.480 e. The highest BCUT2D eigenvalue weighted by Crippen LogP contribution is 2.10. The van der Waals surface area contributed by atoms with E-state index in [-0.39, 0.29) is 24.7 Å². The lowest BCUT2D eigenvalue weighted by molar-refractivity contribution is -0.142. The summed E-state index contributed by atoms with van der Waals surface area (Å²) < 4.78 is 0. The van der Waals surface area contributed by atoms with Gasteiger partial charge in [-0.15, -0.1) is 0 Å². The highest BCUT2D eigenvalue weighted by Gasteiger charge is 2.31. The zero-order valence-electron chi connectivity index (χ0n) is 22.1. The first-order valence-corrected chi connectivity index (χ1v) is 12.8. The third-order valence-electron chi connectivity index (χ3n) is 6.03. The second kappa shape index (κ2) is 14.8. The summed E-state index contributed by atoms with van der Waals surface area (Å²) in [6, 6.07) is 15.2. The summed E-state index contributed by atoms with van der Waals surface area (Å²) in [4.78, 5) is 50.9. The van der Waals surface area contributed by atoms with Crippen molar-refractivity contribution in [2.75, 3.05) is 0 Å². The fourth-order valence-corrected chi connectivity index (χ4v) is 3.84. The molecule has 0 radical (unpaired) electrons. The van der Waals surface area contributed by atoms with Crippen LogP contribution in [0.25, 0.3) is 0 Å². The maximum Gasteiger partial charge on any atom is 0.326 e. The van der Waals surface area contributed by atoms with Gasteiger partial charge in [0.15, 0.2) is 0 Å². The van der Waals surface area contributed by atoms with Gasteiger partial charge in [-0.3, -0.25) is 14.4 Å². The van der Waals surface area contributed by atoms with E-state index in [1.165, 1.54) is 0 Å². The molecule has 0 bridgehead atoms. The van der Waals surface area contributed by atoms with Crippen molar-refractivity contribution in [2.24, 2.45) is 11.8 Å². The predicted octanol–water partition coefficient (Wildman–Crippen LogP) is 3.10. The van der Waals surface area contributed by atoms with E-state index in [9.17, 15) is 24.3 Å². The van der Waals surface area contributed by atoms with Gasteiger partial charge in [-0.1, -0.05) is 88.4 Å². The molecule has 2 aromatic carbocycles.